The summed E-state index contributed by atoms with van der Waals surface area (Å²) in [5.74, 6) is -0.214. The van der Waals surface area contributed by atoms with Crippen LogP contribution in [0.1, 0.15) is 12.5 Å². The van der Waals surface area contributed by atoms with Gasteiger partial charge in [0, 0.05) is 23.3 Å². The second-order valence-electron chi connectivity index (χ2n) is 7.07. The number of carbonyl (C=O) groups excluding carboxylic acids is 1. The number of sulfonamides is 1. The summed E-state index contributed by atoms with van der Waals surface area (Å²) in [6, 6.07) is 18.1. The van der Waals surface area contributed by atoms with E-state index in [9.17, 15) is 18.0 Å². The summed E-state index contributed by atoms with van der Waals surface area (Å²) in [5.41, 5.74) is 2.49. The highest BCUT2D eigenvalue weighted by Gasteiger charge is 2.17. The van der Waals surface area contributed by atoms with Gasteiger partial charge in [0.25, 0.3) is 10.0 Å². The number of aromatic nitrogens is 1. The van der Waals surface area contributed by atoms with Crippen molar-refractivity contribution in [1.29, 1.82) is 0 Å². The van der Waals surface area contributed by atoms with Crippen LogP contribution in [0.4, 0.5) is 11.4 Å². The number of halogens is 1. The van der Waals surface area contributed by atoms with E-state index in [-0.39, 0.29) is 15.7 Å². The fraction of sp³-hybridized carbons (Fsp3) is 0.0909. The topological polar surface area (TPSA) is 97.3 Å². The number of anilines is 2. The Labute approximate surface area is 193 Å². The van der Waals surface area contributed by atoms with Crippen molar-refractivity contribution >= 4 is 60.5 Å². The number of hydrogen-bond donors (Lipinski definition) is 2. The average Bonchev–Trinajstić information content (AvgIpc) is 3.05. The van der Waals surface area contributed by atoms with Gasteiger partial charge in [0.1, 0.15) is 0 Å². The van der Waals surface area contributed by atoms with Crippen molar-refractivity contribution in [3.05, 3.63) is 87.0 Å². The molecule has 0 atom stereocenters. The van der Waals surface area contributed by atoms with Gasteiger partial charge in [-0.2, -0.15) is 0 Å². The lowest BCUT2D eigenvalue weighted by molar-refractivity contribution is -0.114. The maximum atomic E-state index is 12.8. The number of carbonyl (C=O) groups is 1. The van der Waals surface area contributed by atoms with E-state index in [4.69, 9.17) is 11.6 Å². The third-order valence-electron chi connectivity index (χ3n) is 4.66. The molecule has 164 valence electrons. The summed E-state index contributed by atoms with van der Waals surface area (Å²) in [6.07, 6.45) is 0. The number of hydrogen-bond acceptors (Lipinski definition) is 5. The Kier molecular flexibility index (Phi) is 6.05. The van der Waals surface area contributed by atoms with Crippen molar-refractivity contribution in [2.24, 2.45) is 0 Å². The zero-order chi connectivity index (χ0) is 22.9. The smallest absolute Gasteiger partial charge is 0.308 e. The SMILES string of the molecule is CC(=O)Nc1ccc(NS(=O)(=O)c2ccc3c(c2)sc(=O)n3Cc2ccc(Cl)cc2)cc1. The van der Waals surface area contributed by atoms with Crippen LogP contribution in [-0.4, -0.2) is 18.9 Å². The van der Waals surface area contributed by atoms with E-state index < -0.39 is 10.0 Å². The zero-order valence-electron chi connectivity index (χ0n) is 16.8. The molecule has 0 aliphatic rings. The van der Waals surface area contributed by atoms with Crippen molar-refractivity contribution in [3.63, 3.8) is 0 Å². The first-order valence-corrected chi connectivity index (χ1v) is 12.2. The molecule has 32 heavy (non-hydrogen) atoms. The molecular weight excluding hydrogens is 470 g/mol. The van der Waals surface area contributed by atoms with E-state index in [2.05, 4.69) is 10.0 Å². The Morgan fingerprint density at radius 2 is 1.66 bits per heavy atom. The van der Waals surface area contributed by atoms with Gasteiger partial charge < -0.3 is 5.32 Å². The van der Waals surface area contributed by atoms with E-state index in [0.717, 1.165) is 16.9 Å². The van der Waals surface area contributed by atoms with E-state index in [1.165, 1.54) is 19.1 Å². The molecule has 4 rings (SSSR count). The molecule has 0 unspecified atom stereocenters. The number of nitrogens with zero attached hydrogens (tertiary/aromatic N) is 1. The molecule has 1 aromatic heterocycles. The van der Waals surface area contributed by atoms with Gasteiger partial charge in [-0.05, 0) is 60.2 Å². The van der Waals surface area contributed by atoms with Gasteiger partial charge in [-0.15, -0.1) is 0 Å². The quantitative estimate of drug-likeness (QED) is 0.417. The molecule has 0 aliphatic carbocycles. The number of fused-ring (bicyclic) bond motifs is 1. The van der Waals surface area contributed by atoms with Crippen LogP contribution < -0.4 is 14.9 Å². The third kappa shape index (κ3) is 4.85. The predicted octanol–water partition coefficient (Wildman–Crippen LogP) is 4.52. The van der Waals surface area contributed by atoms with Crippen LogP contribution in [0.25, 0.3) is 10.2 Å². The van der Waals surface area contributed by atoms with Crippen LogP contribution in [0.15, 0.2) is 76.4 Å². The van der Waals surface area contributed by atoms with Gasteiger partial charge in [-0.1, -0.05) is 35.1 Å². The second-order valence-corrected chi connectivity index (χ2v) is 10.2. The highest BCUT2D eigenvalue weighted by atomic mass is 35.5. The van der Waals surface area contributed by atoms with Gasteiger partial charge in [0.15, 0.2) is 0 Å². The van der Waals surface area contributed by atoms with E-state index >= 15 is 0 Å². The summed E-state index contributed by atoms with van der Waals surface area (Å²) in [4.78, 5) is 23.5. The molecule has 0 saturated carbocycles. The van der Waals surface area contributed by atoms with Crippen LogP contribution in [0.5, 0.6) is 0 Å². The molecular formula is C22H18ClN3O4S2. The van der Waals surface area contributed by atoms with Crippen LogP contribution in [0, 0.1) is 0 Å². The minimum absolute atomic E-state index is 0.0517. The highest BCUT2D eigenvalue weighted by Crippen LogP contribution is 2.25. The standard InChI is InChI=1S/C22H18ClN3O4S2/c1-14(27)24-17-6-8-18(9-7-17)25-32(29,30)19-10-11-20-21(12-19)31-22(28)26(20)13-15-2-4-16(23)5-3-15/h2-12,25H,13H2,1H3,(H,24,27). The maximum Gasteiger partial charge on any atom is 0.308 e. The molecule has 0 aliphatic heterocycles. The van der Waals surface area contributed by atoms with Crippen LogP contribution in [-0.2, 0) is 21.4 Å². The maximum absolute atomic E-state index is 12.8. The lowest BCUT2D eigenvalue weighted by Gasteiger charge is -2.10. The summed E-state index contributed by atoms with van der Waals surface area (Å²) in [7, 11) is -3.86. The highest BCUT2D eigenvalue weighted by molar-refractivity contribution is 7.92. The fourth-order valence-corrected chi connectivity index (χ4v) is 5.39. The first kappa shape index (κ1) is 22.1. The second kappa shape index (κ2) is 8.78. The Morgan fingerprint density at radius 1 is 1.00 bits per heavy atom. The molecule has 0 fully saturated rings. The normalized spacial score (nSPS) is 11.4. The van der Waals surface area contributed by atoms with Crippen molar-refractivity contribution < 1.29 is 13.2 Å². The summed E-state index contributed by atoms with van der Waals surface area (Å²) in [5, 5.41) is 3.24. The Balaban J connectivity index is 1.59. The number of amides is 1. The monoisotopic (exact) mass is 487 g/mol. The molecule has 10 heteroatoms. The zero-order valence-corrected chi connectivity index (χ0v) is 19.2. The molecule has 0 radical (unpaired) electrons. The largest absolute Gasteiger partial charge is 0.326 e. The average molecular weight is 488 g/mol. The van der Waals surface area contributed by atoms with Crippen LogP contribution >= 0.6 is 22.9 Å². The lowest BCUT2D eigenvalue weighted by Crippen LogP contribution is -2.14. The van der Waals surface area contributed by atoms with Crippen molar-refractivity contribution in [2.75, 3.05) is 10.0 Å². The van der Waals surface area contributed by atoms with Crippen LogP contribution in [0.2, 0.25) is 5.02 Å². The molecule has 3 aromatic carbocycles. The Bertz CT molecular complexity index is 1460. The van der Waals surface area contributed by atoms with Gasteiger partial charge in [-0.25, -0.2) is 8.42 Å². The molecule has 7 nitrogen and oxygen atoms in total. The molecule has 0 spiro atoms. The van der Waals surface area contributed by atoms with Crippen molar-refractivity contribution in [2.45, 2.75) is 18.4 Å². The van der Waals surface area contributed by atoms with Crippen molar-refractivity contribution in [3.8, 4) is 0 Å². The molecule has 4 aromatic rings. The van der Waals surface area contributed by atoms with E-state index in [1.54, 1.807) is 47.0 Å². The summed E-state index contributed by atoms with van der Waals surface area (Å²) in [6.45, 7) is 1.75. The number of benzene rings is 3. The molecule has 1 amide bonds. The molecule has 2 N–H and O–H groups in total. The van der Waals surface area contributed by atoms with Gasteiger partial charge in [0.2, 0.25) is 5.91 Å². The first-order valence-electron chi connectivity index (χ1n) is 9.49. The number of thiazole rings is 1. The van der Waals surface area contributed by atoms with Crippen molar-refractivity contribution in [1.82, 2.24) is 4.57 Å². The van der Waals surface area contributed by atoms with Crippen LogP contribution in [0.3, 0.4) is 0 Å². The Morgan fingerprint density at radius 3 is 2.31 bits per heavy atom. The summed E-state index contributed by atoms with van der Waals surface area (Å²) >= 11 is 6.91. The summed E-state index contributed by atoms with van der Waals surface area (Å²) < 4.78 is 30.4. The van der Waals surface area contributed by atoms with Gasteiger partial charge in [0.05, 0.1) is 21.7 Å². The van der Waals surface area contributed by atoms with Gasteiger partial charge >= 0.3 is 4.87 Å². The minimum Gasteiger partial charge on any atom is -0.326 e. The fourth-order valence-electron chi connectivity index (χ4n) is 3.17. The lowest BCUT2D eigenvalue weighted by atomic mass is 10.2. The Hall–Kier alpha value is -3.14. The van der Waals surface area contributed by atoms with E-state index in [0.29, 0.717) is 33.2 Å². The third-order valence-corrected chi connectivity index (χ3v) is 7.23. The predicted molar refractivity (Wildman–Crippen MR) is 128 cm³/mol. The van der Waals surface area contributed by atoms with Gasteiger partial charge in [-0.3, -0.25) is 18.9 Å². The minimum atomic E-state index is -3.86. The van der Waals surface area contributed by atoms with E-state index in [1.807, 2.05) is 12.1 Å². The molecule has 0 bridgehead atoms. The number of nitrogens with one attached hydrogen (secondary N) is 2. The number of rotatable bonds is 6. The molecule has 1 heterocycles. The molecule has 0 saturated heterocycles. The first-order chi connectivity index (χ1) is 15.2.